The highest BCUT2D eigenvalue weighted by molar-refractivity contribution is 8.00. The highest BCUT2D eigenvalue weighted by atomic mass is 32.2. The Bertz CT molecular complexity index is 1040. The van der Waals surface area contributed by atoms with Crippen molar-refractivity contribution in [2.75, 3.05) is 23.7 Å². The maximum absolute atomic E-state index is 13.2. The zero-order chi connectivity index (χ0) is 28.6. The van der Waals surface area contributed by atoms with Crippen LogP contribution in [0.15, 0.2) is 30.3 Å². The number of hydrogen-bond acceptors (Lipinski definition) is 5. The molecule has 2 heterocycles. The van der Waals surface area contributed by atoms with Crippen LogP contribution in [0.1, 0.15) is 84.0 Å². The molecule has 3 atom stereocenters. The third-order valence-corrected chi connectivity index (χ3v) is 8.90. The highest BCUT2D eigenvalue weighted by Gasteiger charge is 2.42. The van der Waals surface area contributed by atoms with Gasteiger partial charge in [0.25, 0.3) is 0 Å². The molecule has 2 saturated heterocycles. The number of nitrogens with zero attached hydrogens (tertiary/aromatic N) is 1. The van der Waals surface area contributed by atoms with Crippen LogP contribution >= 0.6 is 11.8 Å². The summed E-state index contributed by atoms with van der Waals surface area (Å²) in [5.41, 5.74) is 0.919. The summed E-state index contributed by atoms with van der Waals surface area (Å²) in [6.45, 7) is 2.94. The number of benzene rings is 1. The number of carbonyl (C=O) groups is 4. The number of hydrogen-bond donors (Lipinski definition) is 3. The van der Waals surface area contributed by atoms with Gasteiger partial charge in [-0.3, -0.25) is 14.4 Å². The fourth-order valence-electron chi connectivity index (χ4n) is 5.24. The van der Waals surface area contributed by atoms with Gasteiger partial charge in [0.15, 0.2) is 0 Å². The zero-order valence-electron chi connectivity index (χ0n) is 23.7. The summed E-state index contributed by atoms with van der Waals surface area (Å²) in [5.74, 6) is 6.30. The molecule has 3 N–H and O–H groups in total. The van der Waals surface area contributed by atoms with Crippen molar-refractivity contribution in [1.82, 2.24) is 16.0 Å². The van der Waals surface area contributed by atoms with E-state index in [0.29, 0.717) is 37.6 Å². The minimum absolute atomic E-state index is 0.0187. The van der Waals surface area contributed by atoms with Crippen LogP contribution in [-0.2, 0) is 14.4 Å². The predicted octanol–water partition coefficient (Wildman–Crippen LogP) is 4.57. The maximum atomic E-state index is 13.2. The lowest BCUT2D eigenvalue weighted by molar-refractivity contribution is -0.121. The molecule has 9 heteroatoms. The van der Waals surface area contributed by atoms with Gasteiger partial charge in [0.1, 0.15) is 0 Å². The lowest BCUT2D eigenvalue weighted by Gasteiger charge is -2.23. The molecule has 2 aliphatic heterocycles. The second kappa shape index (κ2) is 17.6. The van der Waals surface area contributed by atoms with Crippen LogP contribution in [0.2, 0.25) is 0 Å². The number of fused-ring (bicyclic) bond motifs is 1. The first kappa shape index (κ1) is 31.5. The van der Waals surface area contributed by atoms with Crippen molar-refractivity contribution in [3.8, 4) is 11.8 Å². The molecule has 3 rings (SSSR count). The number of amides is 4. The number of thioether (sulfide) groups is 1. The van der Waals surface area contributed by atoms with Crippen molar-refractivity contribution in [3.05, 3.63) is 30.3 Å². The smallest absolute Gasteiger partial charge is 0.315 e. The van der Waals surface area contributed by atoms with Crippen LogP contribution in [-0.4, -0.2) is 59.8 Å². The summed E-state index contributed by atoms with van der Waals surface area (Å²) in [5, 5.41) is 9.39. The van der Waals surface area contributed by atoms with Crippen molar-refractivity contribution >= 4 is 41.1 Å². The Morgan fingerprint density at radius 3 is 2.50 bits per heavy atom. The summed E-state index contributed by atoms with van der Waals surface area (Å²) in [6.07, 6.45) is 9.36. The van der Waals surface area contributed by atoms with Gasteiger partial charge < -0.3 is 20.9 Å². The molecule has 2 fully saturated rings. The second-order valence-corrected chi connectivity index (χ2v) is 11.8. The third kappa shape index (κ3) is 10.9. The molecular formula is C31H44N4O4S. The Balaban J connectivity index is 1.29. The van der Waals surface area contributed by atoms with Gasteiger partial charge in [-0.2, -0.15) is 11.8 Å². The zero-order valence-corrected chi connectivity index (χ0v) is 24.5. The molecule has 0 bridgehead atoms. The number of rotatable bonds is 18. The van der Waals surface area contributed by atoms with Crippen molar-refractivity contribution in [1.29, 1.82) is 0 Å². The fraction of sp³-hybridized carbons (Fsp3) is 0.613. The SMILES string of the molecule is CC#CC(=O)CCCCCNC(=O)CCCCCN(C(=O)CCCC[C@@H]1SC[C@@H]2NC(=O)N[C@@H]21)c1ccccc1. The van der Waals surface area contributed by atoms with Gasteiger partial charge in [-0.25, -0.2) is 4.79 Å². The van der Waals surface area contributed by atoms with Crippen LogP contribution in [0, 0.1) is 11.8 Å². The second-order valence-electron chi connectivity index (χ2n) is 10.5. The molecule has 1 aromatic rings. The van der Waals surface area contributed by atoms with Gasteiger partial charge in [0, 0.05) is 49.0 Å². The molecule has 0 unspecified atom stereocenters. The van der Waals surface area contributed by atoms with Gasteiger partial charge in [-0.1, -0.05) is 43.4 Å². The summed E-state index contributed by atoms with van der Waals surface area (Å²) in [7, 11) is 0. The van der Waals surface area contributed by atoms with Crippen molar-refractivity contribution in [3.63, 3.8) is 0 Å². The van der Waals surface area contributed by atoms with Gasteiger partial charge in [-0.15, -0.1) is 0 Å². The fourth-order valence-corrected chi connectivity index (χ4v) is 6.79. The van der Waals surface area contributed by atoms with Crippen LogP contribution in [0.4, 0.5) is 10.5 Å². The monoisotopic (exact) mass is 568 g/mol. The van der Waals surface area contributed by atoms with Crippen LogP contribution < -0.4 is 20.9 Å². The average molecular weight is 569 g/mol. The molecule has 0 saturated carbocycles. The number of anilines is 1. The molecule has 0 aliphatic carbocycles. The predicted molar refractivity (Wildman–Crippen MR) is 161 cm³/mol. The first-order valence-corrected chi connectivity index (χ1v) is 15.8. The van der Waals surface area contributed by atoms with E-state index >= 15 is 0 Å². The number of urea groups is 1. The van der Waals surface area contributed by atoms with E-state index in [0.717, 1.165) is 69.2 Å². The average Bonchev–Trinajstić information content (AvgIpc) is 3.50. The molecule has 218 valence electrons. The highest BCUT2D eigenvalue weighted by Crippen LogP contribution is 2.33. The van der Waals surface area contributed by atoms with E-state index in [1.807, 2.05) is 47.0 Å². The van der Waals surface area contributed by atoms with Crippen LogP contribution in [0.25, 0.3) is 0 Å². The molecule has 0 aromatic heterocycles. The minimum atomic E-state index is -0.0610. The Morgan fingerprint density at radius 2 is 1.70 bits per heavy atom. The lowest BCUT2D eigenvalue weighted by atomic mass is 10.0. The van der Waals surface area contributed by atoms with Crippen molar-refractivity contribution in [2.45, 2.75) is 101 Å². The number of ketones is 1. The molecular weight excluding hydrogens is 524 g/mol. The molecule has 8 nitrogen and oxygen atoms in total. The largest absolute Gasteiger partial charge is 0.356 e. The number of carbonyl (C=O) groups excluding carboxylic acids is 4. The van der Waals surface area contributed by atoms with Gasteiger partial charge in [0.2, 0.25) is 17.6 Å². The van der Waals surface area contributed by atoms with Gasteiger partial charge in [-0.05, 0) is 63.5 Å². The van der Waals surface area contributed by atoms with E-state index in [9.17, 15) is 19.2 Å². The van der Waals surface area contributed by atoms with Crippen molar-refractivity contribution < 1.29 is 19.2 Å². The molecule has 4 amide bonds. The summed E-state index contributed by atoms with van der Waals surface area (Å²) in [6, 6.07) is 10.2. The third-order valence-electron chi connectivity index (χ3n) is 7.39. The number of para-hydroxylation sites is 1. The number of nitrogens with one attached hydrogen (secondary N) is 3. The molecule has 0 radical (unpaired) electrons. The Labute approximate surface area is 243 Å². The number of Topliss-reactive ketones (excluding diaryl/α,β-unsaturated/α-hetero) is 1. The Morgan fingerprint density at radius 1 is 0.950 bits per heavy atom. The van der Waals surface area contributed by atoms with Gasteiger partial charge >= 0.3 is 6.03 Å². The first-order valence-electron chi connectivity index (χ1n) is 14.7. The standard InChI is InChI=1S/C31H44N4O4S/c1-2-14-25(36)17-8-4-12-21-32-28(37)19-9-5-13-22-35(24-15-6-3-7-16-24)29(38)20-11-10-18-27-30-26(23-40-27)33-31(39)34-30/h3,6-7,15-16,26-27,30H,4-5,8-13,17-23H2,1H3,(H,32,37)(H2,33,34,39)/t26-,27-,30-/m0/s1. The van der Waals surface area contributed by atoms with E-state index in [-0.39, 0.29) is 35.7 Å². The van der Waals surface area contributed by atoms with E-state index in [1.165, 1.54) is 0 Å². The Hall–Kier alpha value is -2.99. The minimum Gasteiger partial charge on any atom is -0.356 e. The van der Waals surface area contributed by atoms with Gasteiger partial charge in [0.05, 0.1) is 12.1 Å². The lowest BCUT2D eigenvalue weighted by Crippen LogP contribution is -2.36. The molecule has 2 aliphatic rings. The topological polar surface area (TPSA) is 108 Å². The molecule has 1 aromatic carbocycles. The first-order chi connectivity index (χ1) is 19.5. The molecule has 40 heavy (non-hydrogen) atoms. The maximum Gasteiger partial charge on any atom is 0.315 e. The van der Waals surface area contributed by atoms with E-state index in [4.69, 9.17) is 0 Å². The summed E-state index contributed by atoms with van der Waals surface area (Å²) < 4.78 is 0. The van der Waals surface area contributed by atoms with E-state index in [2.05, 4.69) is 27.8 Å². The Kier molecular flexibility index (Phi) is 13.9. The molecule has 0 spiro atoms. The van der Waals surface area contributed by atoms with Crippen molar-refractivity contribution in [2.24, 2.45) is 0 Å². The van der Waals surface area contributed by atoms with Crippen LogP contribution in [0.3, 0.4) is 0 Å². The summed E-state index contributed by atoms with van der Waals surface area (Å²) in [4.78, 5) is 50.2. The van der Waals surface area contributed by atoms with E-state index in [1.54, 1.807) is 6.92 Å². The number of unbranched alkanes of at least 4 members (excludes halogenated alkanes) is 5. The summed E-state index contributed by atoms with van der Waals surface area (Å²) >= 11 is 1.91. The normalized spacial score (nSPS) is 19.1. The van der Waals surface area contributed by atoms with E-state index < -0.39 is 0 Å². The quantitative estimate of drug-likeness (QED) is 0.104. The van der Waals surface area contributed by atoms with Crippen LogP contribution in [0.5, 0.6) is 0 Å².